The maximum atomic E-state index is 14.0. The summed E-state index contributed by atoms with van der Waals surface area (Å²) in [4.78, 5) is 11.3. The number of aryl methyl sites for hydroxylation is 2. The van der Waals surface area contributed by atoms with Crippen LogP contribution < -0.4 is 5.32 Å². The van der Waals surface area contributed by atoms with Gasteiger partial charge in [-0.1, -0.05) is 18.2 Å². The lowest BCUT2D eigenvalue weighted by molar-refractivity contribution is -0.120. The van der Waals surface area contributed by atoms with Crippen LogP contribution in [-0.4, -0.2) is 17.5 Å². The van der Waals surface area contributed by atoms with Crippen LogP contribution in [0.2, 0.25) is 0 Å². The molecule has 0 aliphatic carbocycles. The summed E-state index contributed by atoms with van der Waals surface area (Å²) in [5, 5.41) is 3.28. The number of rotatable bonds is 5. The monoisotopic (exact) mass is 324 g/mol. The van der Waals surface area contributed by atoms with Crippen LogP contribution in [0, 0.1) is 12.7 Å². The first-order valence-corrected chi connectivity index (χ1v) is 8.16. The zero-order valence-electron chi connectivity index (χ0n) is 14.0. The van der Waals surface area contributed by atoms with Crippen molar-refractivity contribution in [1.29, 1.82) is 0 Å². The number of carbonyl (C=O) groups is 1. The van der Waals surface area contributed by atoms with Crippen molar-refractivity contribution in [3.63, 3.8) is 0 Å². The van der Waals surface area contributed by atoms with Gasteiger partial charge in [-0.15, -0.1) is 0 Å². The highest BCUT2D eigenvalue weighted by molar-refractivity contribution is 5.85. The van der Waals surface area contributed by atoms with E-state index in [-0.39, 0.29) is 11.7 Å². The third-order valence-corrected chi connectivity index (χ3v) is 4.33. The van der Waals surface area contributed by atoms with Gasteiger partial charge in [0.15, 0.2) is 0 Å². The van der Waals surface area contributed by atoms with Crippen molar-refractivity contribution in [2.75, 3.05) is 7.05 Å². The molecule has 1 amide bonds. The molecule has 3 nitrogen and oxygen atoms in total. The Balaban J connectivity index is 1.89. The molecule has 0 saturated carbocycles. The SMILES string of the molecule is CNC(=O)CCCc1cccc(-n2ccc3c(F)ccc(C)c32)c1. The van der Waals surface area contributed by atoms with Gasteiger partial charge in [0.25, 0.3) is 0 Å². The summed E-state index contributed by atoms with van der Waals surface area (Å²) in [7, 11) is 1.65. The summed E-state index contributed by atoms with van der Waals surface area (Å²) in [5.41, 5.74) is 4.13. The fourth-order valence-corrected chi connectivity index (χ4v) is 3.05. The fraction of sp³-hybridized carbons (Fsp3) is 0.250. The Kier molecular flexibility index (Phi) is 4.65. The Labute approximate surface area is 141 Å². The molecule has 0 aliphatic heterocycles. The molecule has 24 heavy (non-hydrogen) atoms. The van der Waals surface area contributed by atoms with Gasteiger partial charge in [-0.3, -0.25) is 4.79 Å². The number of amides is 1. The van der Waals surface area contributed by atoms with Crippen LogP contribution >= 0.6 is 0 Å². The molecule has 1 N–H and O–H groups in total. The largest absolute Gasteiger partial charge is 0.359 e. The number of nitrogens with zero attached hydrogens (tertiary/aromatic N) is 1. The molecule has 0 saturated heterocycles. The molecule has 2 aromatic carbocycles. The summed E-state index contributed by atoms with van der Waals surface area (Å²) < 4.78 is 16.0. The van der Waals surface area contributed by atoms with Crippen molar-refractivity contribution in [3.8, 4) is 5.69 Å². The smallest absolute Gasteiger partial charge is 0.219 e. The maximum absolute atomic E-state index is 14.0. The van der Waals surface area contributed by atoms with Crippen molar-refractivity contribution < 1.29 is 9.18 Å². The van der Waals surface area contributed by atoms with Crippen LogP contribution in [0.4, 0.5) is 4.39 Å². The quantitative estimate of drug-likeness (QED) is 0.752. The second-order valence-corrected chi connectivity index (χ2v) is 6.01. The van der Waals surface area contributed by atoms with Gasteiger partial charge in [-0.25, -0.2) is 4.39 Å². The van der Waals surface area contributed by atoms with E-state index in [2.05, 4.69) is 17.4 Å². The summed E-state index contributed by atoms with van der Waals surface area (Å²) >= 11 is 0. The normalized spacial score (nSPS) is 11.0. The lowest BCUT2D eigenvalue weighted by atomic mass is 10.1. The zero-order valence-corrected chi connectivity index (χ0v) is 14.0. The minimum absolute atomic E-state index is 0.0636. The van der Waals surface area contributed by atoms with E-state index in [4.69, 9.17) is 0 Å². The Bertz CT molecular complexity index is 882. The van der Waals surface area contributed by atoms with Gasteiger partial charge in [0.1, 0.15) is 5.82 Å². The van der Waals surface area contributed by atoms with Crippen LogP contribution in [0.1, 0.15) is 24.0 Å². The van der Waals surface area contributed by atoms with Crippen LogP contribution in [0.5, 0.6) is 0 Å². The molecular weight excluding hydrogens is 303 g/mol. The van der Waals surface area contributed by atoms with E-state index < -0.39 is 0 Å². The van der Waals surface area contributed by atoms with Crippen LogP contribution in [0.3, 0.4) is 0 Å². The van der Waals surface area contributed by atoms with Gasteiger partial charge in [0.2, 0.25) is 5.91 Å². The van der Waals surface area contributed by atoms with Crippen LogP contribution in [-0.2, 0) is 11.2 Å². The van der Waals surface area contributed by atoms with Gasteiger partial charge < -0.3 is 9.88 Å². The van der Waals surface area contributed by atoms with E-state index in [1.165, 1.54) is 11.6 Å². The van der Waals surface area contributed by atoms with E-state index in [0.717, 1.165) is 29.6 Å². The Morgan fingerprint density at radius 2 is 2.04 bits per heavy atom. The summed E-state index contributed by atoms with van der Waals surface area (Å²) in [6, 6.07) is 13.3. The lowest BCUT2D eigenvalue weighted by Crippen LogP contribution is -2.17. The predicted octanol–water partition coefficient (Wildman–Crippen LogP) is 4.15. The molecule has 0 atom stereocenters. The minimum atomic E-state index is -0.198. The van der Waals surface area contributed by atoms with E-state index in [0.29, 0.717) is 11.8 Å². The van der Waals surface area contributed by atoms with Crippen molar-refractivity contribution in [3.05, 3.63) is 65.6 Å². The molecule has 4 heteroatoms. The number of aromatic nitrogens is 1. The molecule has 0 radical (unpaired) electrons. The molecule has 0 fully saturated rings. The van der Waals surface area contributed by atoms with Gasteiger partial charge in [0, 0.05) is 30.7 Å². The molecule has 0 spiro atoms. The fourth-order valence-electron chi connectivity index (χ4n) is 3.05. The molecule has 124 valence electrons. The maximum Gasteiger partial charge on any atom is 0.219 e. The van der Waals surface area contributed by atoms with Crippen molar-refractivity contribution in [2.45, 2.75) is 26.2 Å². The molecular formula is C20H21FN2O. The van der Waals surface area contributed by atoms with Crippen LogP contribution in [0.15, 0.2) is 48.7 Å². The molecule has 1 heterocycles. The van der Waals surface area contributed by atoms with Gasteiger partial charge in [0.05, 0.1) is 5.52 Å². The van der Waals surface area contributed by atoms with Gasteiger partial charge in [-0.2, -0.15) is 0 Å². The first-order valence-electron chi connectivity index (χ1n) is 8.16. The standard InChI is InChI=1S/C20H21FN2O/c1-14-9-10-18(21)17-11-12-23(20(14)17)16-7-3-5-15(13-16)6-4-8-19(24)22-2/h3,5,7,9-13H,4,6,8H2,1-2H3,(H,22,24). The van der Waals surface area contributed by atoms with E-state index in [1.807, 2.05) is 35.9 Å². The number of nitrogens with one attached hydrogen (secondary N) is 1. The van der Waals surface area contributed by atoms with Crippen LogP contribution in [0.25, 0.3) is 16.6 Å². The topological polar surface area (TPSA) is 34.0 Å². The summed E-state index contributed by atoms with van der Waals surface area (Å²) in [6.07, 6.45) is 4.08. The molecule has 1 aromatic heterocycles. The Morgan fingerprint density at radius 3 is 2.83 bits per heavy atom. The number of hydrogen-bond acceptors (Lipinski definition) is 1. The predicted molar refractivity (Wildman–Crippen MR) is 95.0 cm³/mol. The van der Waals surface area contributed by atoms with Crippen molar-refractivity contribution in [1.82, 2.24) is 9.88 Å². The third-order valence-electron chi connectivity index (χ3n) is 4.33. The number of fused-ring (bicyclic) bond motifs is 1. The zero-order chi connectivity index (χ0) is 17.1. The first-order chi connectivity index (χ1) is 11.6. The minimum Gasteiger partial charge on any atom is -0.359 e. The second kappa shape index (κ2) is 6.87. The van der Waals surface area contributed by atoms with E-state index >= 15 is 0 Å². The van der Waals surface area contributed by atoms with E-state index in [9.17, 15) is 9.18 Å². The molecule has 0 aliphatic rings. The summed E-state index contributed by atoms with van der Waals surface area (Å²) in [6.45, 7) is 1.99. The number of carbonyl (C=O) groups excluding carboxylic acids is 1. The lowest BCUT2D eigenvalue weighted by Gasteiger charge is -2.10. The second-order valence-electron chi connectivity index (χ2n) is 6.01. The Morgan fingerprint density at radius 1 is 1.21 bits per heavy atom. The molecule has 0 unspecified atom stereocenters. The molecule has 0 bridgehead atoms. The molecule has 3 aromatic rings. The molecule has 3 rings (SSSR count). The first kappa shape index (κ1) is 16.2. The van der Waals surface area contributed by atoms with Gasteiger partial charge >= 0.3 is 0 Å². The summed E-state index contributed by atoms with van der Waals surface area (Å²) in [5.74, 6) is -0.134. The third kappa shape index (κ3) is 3.18. The highest BCUT2D eigenvalue weighted by Gasteiger charge is 2.10. The number of hydrogen-bond donors (Lipinski definition) is 1. The average Bonchev–Trinajstić information content (AvgIpc) is 3.05. The van der Waals surface area contributed by atoms with Crippen molar-refractivity contribution >= 4 is 16.8 Å². The number of halogens is 1. The number of benzene rings is 2. The van der Waals surface area contributed by atoms with E-state index in [1.54, 1.807) is 13.1 Å². The Hall–Kier alpha value is -2.62. The average molecular weight is 324 g/mol. The van der Waals surface area contributed by atoms with Gasteiger partial charge in [-0.05, 0) is 55.2 Å². The highest BCUT2D eigenvalue weighted by Crippen LogP contribution is 2.26. The highest BCUT2D eigenvalue weighted by atomic mass is 19.1. The van der Waals surface area contributed by atoms with Crippen molar-refractivity contribution in [2.24, 2.45) is 0 Å².